The van der Waals surface area contributed by atoms with Crippen molar-refractivity contribution in [2.45, 2.75) is 144 Å². The monoisotopic (exact) mass is 2060 g/mol. The molecule has 34 nitrogen and oxygen atoms in total. The second-order valence-corrected chi connectivity index (χ2v) is 48.2. The minimum atomic E-state index is -1.40. The number of para-hydroxylation sites is 2. The SMILES string of the molecule is CCCCCCCCOP1OCC2(CO1)COP(OCCCCCCCC)OC2.CCCCOP1OCC2(CO1)COP(OCCCC)OC2.COP1OCC2(CO1)COP(OC)OC2.CP1OCC2(CO1)COP(C)OC2.Cc1ccc(OP2OCC3(CO2)COP(Oc2ccc(C)cc2)OC3)cc1.c1ccc(OP2OCC3(CO2)COP(Oc2ccccc2)OC3)cc1. The zero-order chi connectivity index (χ0) is 91.3. The van der Waals surface area contributed by atoms with Crippen LogP contribution in [0.5, 0.6) is 23.0 Å². The van der Waals surface area contributed by atoms with Crippen molar-refractivity contribution in [2.24, 2.45) is 32.5 Å². The summed E-state index contributed by atoms with van der Waals surface area (Å²) in [4.78, 5) is 0. The molecule has 0 atom stereocenters. The van der Waals surface area contributed by atoms with Crippen LogP contribution >= 0.6 is 103 Å². The summed E-state index contributed by atoms with van der Waals surface area (Å²) >= 11 is 0. The van der Waals surface area contributed by atoms with Gasteiger partial charge in [0.05, 0.1) is 217 Å². The molecule has 12 fully saturated rings. The highest BCUT2D eigenvalue weighted by atomic mass is 31.2. The lowest BCUT2D eigenvalue weighted by Gasteiger charge is -2.41. The predicted octanol–water partition coefficient (Wildman–Crippen LogP) is 25.2. The minimum absolute atomic E-state index is 0.0380. The van der Waals surface area contributed by atoms with E-state index in [1.54, 1.807) is 14.2 Å². The number of hydrogen-bond donors (Lipinski definition) is 0. The van der Waals surface area contributed by atoms with Crippen LogP contribution in [-0.4, -0.2) is 213 Å². The van der Waals surface area contributed by atoms with Gasteiger partial charge in [0.15, 0.2) is 16.8 Å². The fourth-order valence-electron chi connectivity index (χ4n) is 12.5. The number of unbranched alkanes of at least 4 members (excludes halogenated alkanes) is 12. The molecule has 12 saturated heterocycles. The summed E-state index contributed by atoms with van der Waals surface area (Å²) in [5.41, 5.74) is 1.08. The van der Waals surface area contributed by atoms with Gasteiger partial charge in [0.2, 0.25) is 0 Å². The van der Waals surface area contributed by atoms with Gasteiger partial charge in [-0.15, -0.1) is 0 Å². The van der Waals surface area contributed by atoms with Gasteiger partial charge in [-0.3, -0.25) is 0 Å². The van der Waals surface area contributed by atoms with E-state index in [1.165, 1.54) is 75.3 Å². The highest BCUT2D eigenvalue weighted by Crippen LogP contribution is 2.60. The first kappa shape index (κ1) is 110. The molecule has 0 radical (unpaired) electrons. The van der Waals surface area contributed by atoms with Gasteiger partial charge in [0.1, 0.15) is 23.0 Å². The van der Waals surface area contributed by atoms with Gasteiger partial charge in [-0.1, -0.05) is 177 Å². The van der Waals surface area contributed by atoms with Crippen molar-refractivity contribution in [2.75, 3.05) is 213 Å². The van der Waals surface area contributed by atoms with E-state index in [9.17, 15) is 0 Å². The summed E-state index contributed by atoms with van der Waals surface area (Å²) in [7, 11) is -10.9. The van der Waals surface area contributed by atoms with Gasteiger partial charge in [-0.25, -0.2) is 0 Å². The molecule has 12 aliphatic heterocycles. The Kier molecular flexibility index (Phi) is 51.9. The molecule has 46 heteroatoms. The summed E-state index contributed by atoms with van der Waals surface area (Å²) in [5, 5.41) is 0. The van der Waals surface area contributed by atoms with Gasteiger partial charge in [0, 0.05) is 27.5 Å². The highest BCUT2D eigenvalue weighted by Gasteiger charge is 2.50. The molecule has 12 heterocycles. The van der Waals surface area contributed by atoms with Crippen molar-refractivity contribution in [3.05, 3.63) is 120 Å². The van der Waals surface area contributed by atoms with E-state index in [0.29, 0.717) is 172 Å². The smallest absolute Gasteiger partial charge is 0.397 e. The number of hydrogen-bond acceptors (Lipinski definition) is 34. The van der Waals surface area contributed by atoms with Gasteiger partial charge < -0.3 is 154 Å². The molecule has 4 aromatic carbocycles. The van der Waals surface area contributed by atoms with Crippen LogP contribution in [0, 0.1) is 46.3 Å². The van der Waals surface area contributed by atoms with E-state index in [2.05, 4.69) is 27.7 Å². The molecule has 0 saturated carbocycles. The van der Waals surface area contributed by atoms with Crippen molar-refractivity contribution < 1.29 is 154 Å². The van der Waals surface area contributed by atoms with E-state index < -0.39 is 103 Å². The Morgan fingerprint density at radius 3 is 0.623 bits per heavy atom. The maximum atomic E-state index is 5.82. The van der Waals surface area contributed by atoms with Crippen molar-refractivity contribution in [3.8, 4) is 23.0 Å². The zero-order valence-corrected chi connectivity index (χ0v) is 87.5. The maximum absolute atomic E-state index is 5.82. The summed E-state index contributed by atoms with van der Waals surface area (Å²) < 4.78 is 191. The standard InChI is InChI=1S/C21H42O6P2.C19H22O6P2.C17H18O6P2.C13H26O6P2.C7H14O6P2.C7H14O4P2/c1-3-5-7-9-11-13-15-22-28-24-17-21(18-25-28)19-26-29(27-20-21)23-16-14-12-10-8-6-4-2;1-15-3-7-17(8-4-15)24-26-20-11-19(12-21-26)13-22-27(23-14-19)25-18-9-5-16(2)6-10-18;1-3-7-15(8-4-1)22-24-18-11-17(12-19-24)13-20-25(21-14-17)23-16-9-5-2-6-10-16;1-3-5-7-14-20-16-9-13(10-17-20)11-18-21(19-12-13)15-8-6-4-2;1-8-14-10-3-7(4-11-14)5-12-15(9-2)13-6-7;1-12-8-3-7(4-9-12)5-10-13(2)11-6-7/h3-20H2,1-2H3;3-10H,11-14H2,1-2H3;1-10H,11-14H2;3-12H2,1-2H3;3-6H2,1-2H3;3-6H2,1-2H3. The summed E-state index contributed by atoms with van der Waals surface area (Å²) in [5.74, 6) is 2.96. The van der Waals surface area contributed by atoms with Crippen LogP contribution in [0.3, 0.4) is 0 Å². The summed E-state index contributed by atoms with van der Waals surface area (Å²) in [6.07, 6.45) is 19.3. The Hall–Kier alpha value is 0.0400. The lowest BCUT2D eigenvalue weighted by atomic mass is 9.93. The van der Waals surface area contributed by atoms with E-state index in [-0.39, 0.29) is 32.5 Å². The second-order valence-electron chi connectivity index (χ2n) is 33.2. The van der Waals surface area contributed by atoms with Crippen LogP contribution in [0.1, 0.15) is 142 Å². The Bertz CT molecular complexity index is 3300. The maximum Gasteiger partial charge on any atom is 0.397 e. The fraction of sp³-hybridized carbons (Fsp3) is 0.714. The van der Waals surface area contributed by atoms with Gasteiger partial charge in [0.25, 0.3) is 0 Å². The number of benzene rings is 4. The first-order valence-corrected chi connectivity index (χ1v) is 58.8. The first-order chi connectivity index (χ1) is 63.4. The van der Waals surface area contributed by atoms with Gasteiger partial charge in [-0.05, 0) is 88.1 Å². The van der Waals surface area contributed by atoms with Crippen LogP contribution in [0.15, 0.2) is 109 Å². The highest BCUT2D eigenvalue weighted by molar-refractivity contribution is 7.47. The Morgan fingerprint density at radius 2 is 0.400 bits per heavy atom. The second kappa shape index (κ2) is 61.1. The third-order valence-electron chi connectivity index (χ3n) is 21.1. The van der Waals surface area contributed by atoms with Crippen LogP contribution in [0.25, 0.3) is 0 Å². The van der Waals surface area contributed by atoms with Crippen LogP contribution in [-0.2, 0) is 136 Å². The Balaban J connectivity index is 0.000000153. The topological polar surface area (TPSA) is 314 Å². The van der Waals surface area contributed by atoms with Gasteiger partial charge in [-0.2, -0.15) is 0 Å². The van der Waals surface area contributed by atoms with E-state index in [0.717, 1.165) is 74.7 Å². The molecule has 6 spiro atoms. The Morgan fingerprint density at radius 1 is 0.215 bits per heavy atom. The number of aryl methyl sites for hydroxylation is 2. The van der Waals surface area contributed by atoms with Crippen LogP contribution < -0.4 is 18.1 Å². The average Bonchev–Trinajstić information content (AvgIpc) is 0.797. The van der Waals surface area contributed by atoms with Crippen LogP contribution in [0.2, 0.25) is 0 Å². The largest absolute Gasteiger partial charge is 0.427 e. The molecule has 4 aromatic rings. The number of rotatable bonds is 34. The molecule has 0 amide bonds. The molecular weight excluding hydrogens is 1920 g/mol. The quantitative estimate of drug-likeness (QED) is 0.0310. The third-order valence-corrected chi connectivity index (χ3v) is 33.4. The lowest BCUT2D eigenvalue weighted by Crippen LogP contribution is -2.45. The third kappa shape index (κ3) is 39.7. The van der Waals surface area contributed by atoms with E-state index in [4.69, 9.17) is 154 Å². The molecule has 16 rings (SSSR count). The average molecular weight is 2060 g/mol. The van der Waals surface area contributed by atoms with Crippen molar-refractivity contribution in [3.63, 3.8) is 0 Å². The molecule has 0 aromatic heterocycles. The molecule has 0 bridgehead atoms. The minimum Gasteiger partial charge on any atom is -0.427 e. The predicted molar refractivity (Wildman–Crippen MR) is 504 cm³/mol. The van der Waals surface area contributed by atoms with Crippen LogP contribution in [0.4, 0.5) is 0 Å². The van der Waals surface area contributed by atoms with Crippen molar-refractivity contribution in [1.82, 2.24) is 0 Å². The zero-order valence-electron chi connectivity index (χ0n) is 76.8. The Labute approximate surface area is 784 Å². The van der Waals surface area contributed by atoms with E-state index >= 15 is 0 Å². The van der Waals surface area contributed by atoms with E-state index in [1.807, 2.05) is 136 Å². The normalized spacial score (nSPS) is 32.5. The fourth-order valence-corrected chi connectivity index (χ4v) is 26.5. The van der Waals surface area contributed by atoms with Gasteiger partial charge >= 0.3 is 86.0 Å². The van der Waals surface area contributed by atoms with Crippen molar-refractivity contribution >= 4 is 103 Å². The molecule has 736 valence electrons. The molecular formula is C84H136O34P12. The molecule has 12 aliphatic rings. The summed E-state index contributed by atoms with van der Waals surface area (Å²) in [6, 6.07) is 34.7. The summed E-state index contributed by atoms with van der Waals surface area (Å²) in [6.45, 7) is 32.8. The first-order valence-electron chi connectivity index (χ1n) is 44.6. The molecule has 0 aliphatic carbocycles. The molecule has 130 heavy (non-hydrogen) atoms. The lowest BCUT2D eigenvalue weighted by molar-refractivity contribution is -0.0765. The van der Waals surface area contributed by atoms with Crippen molar-refractivity contribution in [1.29, 1.82) is 0 Å². The molecule has 0 N–H and O–H groups in total. The molecule has 0 unspecified atom stereocenters.